The second kappa shape index (κ2) is 6.18. The number of hydrogen-bond donors (Lipinski definition) is 2. The van der Waals surface area contributed by atoms with Crippen LogP contribution in [0.25, 0.3) is 11.3 Å². The van der Waals surface area contributed by atoms with Crippen molar-refractivity contribution in [2.75, 3.05) is 24.5 Å². The number of aromatic nitrogens is 1. The number of piperidine rings is 2. The number of β-amino-alcohol motifs (C(OH)–C–C–N with tert-alkyl or cyclic N) is 1. The average Bonchev–Trinajstić information content (AvgIpc) is 3.10. The lowest BCUT2D eigenvalue weighted by atomic mass is 9.71. The van der Waals surface area contributed by atoms with Gasteiger partial charge in [0.15, 0.2) is 5.13 Å². The monoisotopic (exact) mass is 343 g/mol. The molecule has 1 atom stereocenters. The molecule has 2 aliphatic rings. The van der Waals surface area contributed by atoms with Crippen molar-refractivity contribution >= 4 is 22.4 Å². The molecule has 0 saturated carbocycles. The Labute approximate surface area is 145 Å². The van der Waals surface area contributed by atoms with Crippen LogP contribution in [0.1, 0.15) is 19.3 Å². The topological polar surface area (TPSA) is 65.5 Å². The minimum absolute atomic E-state index is 0.108. The number of aliphatic hydroxyl groups is 1. The smallest absolute Gasteiger partial charge is 0.226 e. The van der Waals surface area contributed by atoms with Gasteiger partial charge < -0.3 is 15.3 Å². The Morgan fingerprint density at radius 3 is 2.75 bits per heavy atom. The molecule has 2 aliphatic heterocycles. The molecule has 4 rings (SSSR count). The largest absolute Gasteiger partial charge is 0.391 e. The van der Waals surface area contributed by atoms with Gasteiger partial charge in [0.05, 0.1) is 17.2 Å². The van der Waals surface area contributed by atoms with Crippen molar-refractivity contribution in [3.8, 4) is 11.3 Å². The SMILES string of the molecule is O=C1NCC(O)CC12CCN(c1nc(-c3ccccc3)cs1)CC2. The van der Waals surface area contributed by atoms with Crippen LogP contribution in [-0.2, 0) is 4.79 Å². The van der Waals surface area contributed by atoms with Gasteiger partial charge >= 0.3 is 0 Å². The summed E-state index contributed by atoms with van der Waals surface area (Å²) < 4.78 is 0. The minimum Gasteiger partial charge on any atom is -0.391 e. The van der Waals surface area contributed by atoms with Crippen molar-refractivity contribution in [2.45, 2.75) is 25.4 Å². The Hall–Kier alpha value is -1.92. The molecule has 1 aromatic heterocycles. The predicted octanol–water partition coefficient (Wildman–Crippen LogP) is 2.28. The summed E-state index contributed by atoms with van der Waals surface area (Å²) in [6, 6.07) is 10.2. The molecule has 2 fully saturated rings. The molecule has 1 unspecified atom stereocenters. The van der Waals surface area contributed by atoms with Gasteiger partial charge in [0.1, 0.15) is 0 Å². The van der Waals surface area contributed by atoms with E-state index in [4.69, 9.17) is 4.98 Å². The number of benzene rings is 1. The highest BCUT2D eigenvalue weighted by molar-refractivity contribution is 7.14. The first-order valence-corrected chi connectivity index (χ1v) is 9.27. The van der Waals surface area contributed by atoms with Gasteiger partial charge in [-0.1, -0.05) is 30.3 Å². The maximum absolute atomic E-state index is 12.3. The number of rotatable bonds is 2. The zero-order valence-electron chi connectivity index (χ0n) is 13.4. The van der Waals surface area contributed by atoms with Crippen molar-refractivity contribution in [3.63, 3.8) is 0 Å². The summed E-state index contributed by atoms with van der Waals surface area (Å²) in [5, 5.41) is 15.9. The summed E-state index contributed by atoms with van der Waals surface area (Å²) in [7, 11) is 0. The summed E-state index contributed by atoms with van der Waals surface area (Å²) in [4.78, 5) is 19.3. The maximum Gasteiger partial charge on any atom is 0.226 e. The molecule has 1 aromatic carbocycles. The summed E-state index contributed by atoms with van der Waals surface area (Å²) in [5.41, 5.74) is 1.73. The van der Waals surface area contributed by atoms with Gasteiger partial charge in [-0.05, 0) is 19.3 Å². The fraction of sp³-hybridized carbons (Fsp3) is 0.444. The van der Waals surface area contributed by atoms with Crippen LogP contribution < -0.4 is 10.2 Å². The molecular formula is C18H21N3O2S. The molecule has 3 heterocycles. The number of aliphatic hydroxyl groups excluding tert-OH is 1. The van der Waals surface area contributed by atoms with E-state index in [0.717, 1.165) is 42.3 Å². The Kier molecular flexibility index (Phi) is 4.02. The summed E-state index contributed by atoms with van der Waals surface area (Å²) in [6.07, 6.45) is 1.71. The first-order chi connectivity index (χ1) is 11.7. The van der Waals surface area contributed by atoms with E-state index in [-0.39, 0.29) is 5.91 Å². The third kappa shape index (κ3) is 2.80. The van der Waals surface area contributed by atoms with Gasteiger partial charge in [0.2, 0.25) is 5.91 Å². The number of hydrogen-bond acceptors (Lipinski definition) is 5. The van der Waals surface area contributed by atoms with Crippen LogP contribution in [-0.4, -0.2) is 41.7 Å². The van der Waals surface area contributed by atoms with Crippen LogP contribution in [0, 0.1) is 5.41 Å². The van der Waals surface area contributed by atoms with Crippen molar-refractivity contribution in [1.29, 1.82) is 0 Å². The minimum atomic E-state index is -0.418. The van der Waals surface area contributed by atoms with E-state index in [1.54, 1.807) is 11.3 Å². The highest BCUT2D eigenvalue weighted by Gasteiger charge is 2.45. The first kappa shape index (κ1) is 15.6. The van der Waals surface area contributed by atoms with E-state index in [2.05, 4.69) is 27.7 Å². The number of nitrogens with zero attached hydrogens (tertiary/aromatic N) is 2. The maximum atomic E-state index is 12.3. The van der Waals surface area contributed by atoms with Gasteiger partial charge in [0.25, 0.3) is 0 Å². The predicted molar refractivity (Wildman–Crippen MR) is 95.1 cm³/mol. The van der Waals surface area contributed by atoms with Gasteiger partial charge in [-0.15, -0.1) is 11.3 Å². The summed E-state index contributed by atoms with van der Waals surface area (Å²) in [6.45, 7) is 2.00. The van der Waals surface area contributed by atoms with Gasteiger partial charge in [-0.2, -0.15) is 0 Å². The molecule has 2 aromatic rings. The van der Waals surface area contributed by atoms with E-state index in [0.29, 0.717) is 13.0 Å². The molecule has 1 spiro atoms. The highest BCUT2D eigenvalue weighted by Crippen LogP contribution is 2.40. The summed E-state index contributed by atoms with van der Waals surface area (Å²) in [5.74, 6) is 0.108. The Morgan fingerprint density at radius 1 is 1.25 bits per heavy atom. The molecular weight excluding hydrogens is 322 g/mol. The normalized spacial score (nSPS) is 23.3. The van der Waals surface area contributed by atoms with E-state index in [9.17, 15) is 9.90 Å². The number of anilines is 1. The third-order valence-electron chi connectivity index (χ3n) is 5.16. The lowest BCUT2D eigenvalue weighted by Gasteiger charge is -2.44. The molecule has 2 N–H and O–H groups in total. The lowest BCUT2D eigenvalue weighted by molar-refractivity contribution is -0.138. The zero-order chi connectivity index (χ0) is 16.6. The van der Waals surface area contributed by atoms with Crippen molar-refractivity contribution < 1.29 is 9.90 Å². The van der Waals surface area contributed by atoms with Crippen LogP contribution >= 0.6 is 11.3 Å². The van der Waals surface area contributed by atoms with E-state index in [1.165, 1.54) is 0 Å². The standard InChI is InChI=1S/C18H21N3O2S/c22-14-10-18(16(23)19-11-14)6-8-21(9-7-18)17-20-15(12-24-17)13-4-2-1-3-5-13/h1-5,12,14,22H,6-11H2,(H,19,23). The van der Waals surface area contributed by atoms with Crippen LogP contribution in [0.15, 0.2) is 35.7 Å². The number of carbonyl (C=O) groups is 1. The number of thiazole rings is 1. The van der Waals surface area contributed by atoms with Gasteiger partial charge in [0, 0.05) is 30.6 Å². The van der Waals surface area contributed by atoms with Gasteiger partial charge in [-0.3, -0.25) is 4.79 Å². The zero-order valence-corrected chi connectivity index (χ0v) is 14.3. The molecule has 126 valence electrons. The van der Waals surface area contributed by atoms with Crippen LogP contribution in [0.3, 0.4) is 0 Å². The molecule has 0 bridgehead atoms. The second-order valence-corrected chi connectivity index (χ2v) is 7.55. The lowest BCUT2D eigenvalue weighted by Crippen LogP contribution is -2.56. The van der Waals surface area contributed by atoms with Crippen LogP contribution in [0.5, 0.6) is 0 Å². The van der Waals surface area contributed by atoms with Gasteiger partial charge in [-0.25, -0.2) is 4.98 Å². The number of carbonyl (C=O) groups excluding carboxylic acids is 1. The Balaban J connectivity index is 1.47. The quantitative estimate of drug-likeness (QED) is 0.878. The van der Waals surface area contributed by atoms with Crippen LogP contribution in [0.2, 0.25) is 0 Å². The first-order valence-electron chi connectivity index (χ1n) is 8.39. The number of amides is 1. The number of nitrogens with one attached hydrogen (secondary N) is 1. The second-order valence-electron chi connectivity index (χ2n) is 6.72. The molecule has 0 radical (unpaired) electrons. The van der Waals surface area contributed by atoms with Crippen LogP contribution in [0.4, 0.5) is 5.13 Å². The van der Waals surface area contributed by atoms with E-state index < -0.39 is 11.5 Å². The average molecular weight is 343 g/mol. The Bertz CT molecular complexity index is 723. The molecule has 0 aliphatic carbocycles. The molecule has 6 heteroatoms. The van der Waals surface area contributed by atoms with Crippen molar-refractivity contribution in [3.05, 3.63) is 35.7 Å². The fourth-order valence-corrected chi connectivity index (χ4v) is 4.61. The molecule has 1 amide bonds. The molecule has 5 nitrogen and oxygen atoms in total. The summed E-state index contributed by atoms with van der Waals surface area (Å²) >= 11 is 1.65. The Morgan fingerprint density at radius 2 is 2.00 bits per heavy atom. The van der Waals surface area contributed by atoms with Crippen molar-refractivity contribution in [2.24, 2.45) is 5.41 Å². The third-order valence-corrected chi connectivity index (χ3v) is 6.06. The molecule has 2 saturated heterocycles. The van der Waals surface area contributed by atoms with Crippen molar-refractivity contribution in [1.82, 2.24) is 10.3 Å². The van der Waals surface area contributed by atoms with E-state index in [1.807, 2.05) is 18.2 Å². The van der Waals surface area contributed by atoms with E-state index >= 15 is 0 Å². The highest BCUT2D eigenvalue weighted by atomic mass is 32.1. The fourth-order valence-electron chi connectivity index (χ4n) is 3.72. The molecule has 24 heavy (non-hydrogen) atoms.